The minimum Gasteiger partial charge on any atom is -0.316 e. The molecule has 0 saturated heterocycles. The smallest absolute Gasteiger partial charge is 0.0438 e. The van der Waals surface area contributed by atoms with Gasteiger partial charge in [0.05, 0.1) is 0 Å². The summed E-state index contributed by atoms with van der Waals surface area (Å²) in [5, 5.41) is 4.30. The SMILES string of the molecule is C=CC(C)(CNCCC)Cc1ccccc1Cl. The van der Waals surface area contributed by atoms with Crippen molar-refractivity contribution >= 4 is 11.6 Å². The predicted molar refractivity (Wildman–Crippen MR) is 76.6 cm³/mol. The highest BCUT2D eigenvalue weighted by atomic mass is 35.5. The van der Waals surface area contributed by atoms with E-state index in [1.54, 1.807) is 0 Å². The standard InChI is InChI=1S/C15H22ClN/c1-4-10-17-12-15(3,5-2)11-13-8-6-7-9-14(13)16/h5-9,17H,2,4,10-12H2,1,3H3. The molecule has 1 nitrogen and oxygen atoms in total. The number of hydrogen-bond donors (Lipinski definition) is 1. The first-order valence-corrected chi connectivity index (χ1v) is 6.57. The van der Waals surface area contributed by atoms with Crippen LogP contribution in [0.15, 0.2) is 36.9 Å². The zero-order valence-electron chi connectivity index (χ0n) is 10.8. The van der Waals surface area contributed by atoms with E-state index in [1.165, 1.54) is 5.56 Å². The van der Waals surface area contributed by atoms with Crippen LogP contribution in [0.1, 0.15) is 25.8 Å². The van der Waals surface area contributed by atoms with Gasteiger partial charge in [-0.25, -0.2) is 0 Å². The summed E-state index contributed by atoms with van der Waals surface area (Å²) in [5.41, 5.74) is 1.25. The maximum absolute atomic E-state index is 6.19. The van der Waals surface area contributed by atoms with Gasteiger partial charge in [0, 0.05) is 17.0 Å². The van der Waals surface area contributed by atoms with E-state index in [1.807, 2.05) is 24.3 Å². The van der Waals surface area contributed by atoms with E-state index >= 15 is 0 Å². The second-order valence-corrected chi connectivity index (χ2v) is 5.21. The fourth-order valence-electron chi connectivity index (χ4n) is 1.83. The monoisotopic (exact) mass is 251 g/mol. The largest absolute Gasteiger partial charge is 0.316 e. The van der Waals surface area contributed by atoms with Gasteiger partial charge in [0.25, 0.3) is 0 Å². The Morgan fingerprint density at radius 1 is 1.41 bits per heavy atom. The van der Waals surface area contributed by atoms with Crippen molar-refractivity contribution in [2.75, 3.05) is 13.1 Å². The lowest BCUT2D eigenvalue weighted by atomic mass is 9.83. The molecule has 0 aromatic heterocycles. The van der Waals surface area contributed by atoms with E-state index in [0.29, 0.717) is 0 Å². The molecule has 0 radical (unpaired) electrons. The molecule has 94 valence electrons. The second-order valence-electron chi connectivity index (χ2n) is 4.80. The first kappa shape index (κ1) is 14.3. The van der Waals surface area contributed by atoms with Crippen molar-refractivity contribution in [2.24, 2.45) is 5.41 Å². The van der Waals surface area contributed by atoms with Gasteiger partial charge in [-0.15, -0.1) is 6.58 Å². The molecule has 0 aliphatic carbocycles. The summed E-state index contributed by atoms with van der Waals surface area (Å²) in [6.07, 6.45) is 4.10. The lowest BCUT2D eigenvalue weighted by Crippen LogP contribution is -2.32. The number of hydrogen-bond acceptors (Lipinski definition) is 1. The molecule has 1 aromatic rings. The second kappa shape index (κ2) is 6.83. The Balaban J connectivity index is 2.68. The van der Waals surface area contributed by atoms with Gasteiger partial charge < -0.3 is 5.32 Å². The Bertz CT molecular complexity index is 362. The molecule has 1 N–H and O–H groups in total. The molecule has 1 aromatic carbocycles. The third kappa shape index (κ3) is 4.53. The highest BCUT2D eigenvalue weighted by Crippen LogP contribution is 2.27. The summed E-state index contributed by atoms with van der Waals surface area (Å²) >= 11 is 6.19. The number of rotatable bonds is 7. The molecule has 1 unspecified atom stereocenters. The fourth-order valence-corrected chi connectivity index (χ4v) is 2.04. The maximum atomic E-state index is 6.19. The molecule has 0 bridgehead atoms. The average Bonchev–Trinajstić information content (AvgIpc) is 2.33. The zero-order chi connectivity index (χ0) is 12.7. The molecular weight excluding hydrogens is 230 g/mol. The summed E-state index contributed by atoms with van der Waals surface area (Å²) < 4.78 is 0. The summed E-state index contributed by atoms with van der Waals surface area (Å²) in [6, 6.07) is 8.03. The molecule has 2 heteroatoms. The summed E-state index contributed by atoms with van der Waals surface area (Å²) in [6.45, 7) is 10.3. The molecule has 0 saturated carbocycles. The zero-order valence-corrected chi connectivity index (χ0v) is 11.6. The Kier molecular flexibility index (Phi) is 5.73. The quantitative estimate of drug-likeness (QED) is 0.569. The third-order valence-corrected chi connectivity index (χ3v) is 3.37. The molecule has 0 aliphatic heterocycles. The molecule has 0 amide bonds. The molecule has 0 aliphatic rings. The van der Waals surface area contributed by atoms with Crippen LogP contribution in [0.5, 0.6) is 0 Å². The first-order chi connectivity index (χ1) is 8.11. The predicted octanol–water partition coefficient (Wildman–Crippen LogP) is 4.07. The third-order valence-electron chi connectivity index (χ3n) is 3.00. The maximum Gasteiger partial charge on any atom is 0.0438 e. The van der Waals surface area contributed by atoms with Crippen LogP contribution in [0, 0.1) is 5.41 Å². The Hall–Kier alpha value is -0.790. The summed E-state index contributed by atoms with van der Waals surface area (Å²) in [7, 11) is 0. The van der Waals surface area contributed by atoms with Crippen molar-refractivity contribution in [1.82, 2.24) is 5.32 Å². The summed E-state index contributed by atoms with van der Waals surface area (Å²) in [4.78, 5) is 0. The molecule has 1 rings (SSSR count). The highest BCUT2D eigenvalue weighted by Gasteiger charge is 2.21. The van der Waals surface area contributed by atoms with Crippen LogP contribution < -0.4 is 5.32 Å². The average molecular weight is 252 g/mol. The van der Waals surface area contributed by atoms with Crippen LogP contribution in [0.2, 0.25) is 5.02 Å². The van der Waals surface area contributed by atoms with Crippen molar-refractivity contribution in [1.29, 1.82) is 0 Å². The lowest BCUT2D eigenvalue weighted by Gasteiger charge is -2.26. The van der Waals surface area contributed by atoms with E-state index in [9.17, 15) is 0 Å². The number of halogens is 1. The van der Waals surface area contributed by atoms with Crippen LogP contribution in [0.4, 0.5) is 0 Å². The first-order valence-electron chi connectivity index (χ1n) is 6.19. The molecule has 1 atom stereocenters. The van der Waals surface area contributed by atoms with E-state index in [0.717, 1.165) is 31.0 Å². The number of nitrogens with one attached hydrogen (secondary N) is 1. The van der Waals surface area contributed by atoms with Gasteiger partial charge in [-0.05, 0) is 31.0 Å². The van der Waals surface area contributed by atoms with Crippen molar-refractivity contribution in [3.05, 3.63) is 47.5 Å². The van der Waals surface area contributed by atoms with E-state index in [-0.39, 0.29) is 5.41 Å². The van der Waals surface area contributed by atoms with Gasteiger partial charge in [-0.3, -0.25) is 0 Å². The van der Waals surface area contributed by atoms with Crippen molar-refractivity contribution in [2.45, 2.75) is 26.7 Å². The van der Waals surface area contributed by atoms with Gasteiger partial charge >= 0.3 is 0 Å². The summed E-state index contributed by atoms with van der Waals surface area (Å²) in [5.74, 6) is 0. The van der Waals surface area contributed by atoms with Crippen LogP contribution in [-0.2, 0) is 6.42 Å². The van der Waals surface area contributed by atoms with Gasteiger partial charge in [0.2, 0.25) is 0 Å². The fraction of sp³-hybridized carbons (Fsp3) is 0.467. The molecular formula is C15H22ClN. The van der Waals surface area contributed by atoms with Crippen LogP contribution >= 0.6 is 11.6 Å². The van der Waals surface area contributed by atoms with Crippen LogP contribution in [-0.4, -0.2) is 13.1 Å². The van der Waals surface area contributed by atoms with Gasteiger partial charge in [0.1, 0.15) is 0 Å². The minimum absolute atomic E-state index is 0.0557. The minimum atomic E-state index is 0.0557. The topological polar surface area (TPSA) is 12.0 Å². The van der Waals surface area contributed by atoms with Crippen molar-refractivity contribution < 1.29 is 0 Å². The Morgan fingerprint density at radius 2 is 2.12 bits per heavy atom. The van der Waals surface area contributed by atoms with E-state index < -0.39 is 0 Å². The van der Waals surface area contributed by atoms with E-state index in [2.05, 4.69) is 31.8 Å². The highest BCUT2D eigenvalue weighted by molar-refractivity contribution is 6.31. The molecule has 0 heterocycles. The Morgan fingerprint density at radius 3 is 2.71 bits per heavy atom. The molecule has 17 heavy (non-hydrogen) atoms. The van der Waals surface area contributed by atoms with Gasteiger partial charge in [0.15, 0.2) is 0 Å². The normalized spacial score (nSPS) is 14.3. The van der Waals surface area contributed by atoms with Crippen LogP contribution in [0.3, 0.4) is 0 Å². The lowest BCUT2D eigenvalue weighted by molar-refractivity contribution is 0.391. The van der Waals surface area contributed by atoms with Gasteiger partial charge in [-0.2, -0.15) is 0 Å². The Labute approximate surface area is 110 Å². The molecule has 0 fully saturated rings. The van der Waals surface area contributed by atoms with Crippen LogP contribution in [0.25, 0.3) is 0 Å². The van der Waals surface area contributed by atoms with E-state index in [4.69, 9.17) is 11.6 Å². The van der Waals surface area contributed by atoms with Crippen molar-refractivity contribution in [3.8, 4) is 0 Å². The van der Waals surface area contributed by atoms with Crippen molar-refractivity contribution in [3.63, 3.8) is 0 Å². The molecule has 0 spiro atoms. The van der Waals surface area contributed by atoms with Gasteiger partial charge in [-0.1, -0.05) is 49.7 Å². The number of benzene rings is 1.